The van der Waals surface area contributed by atoms with Gasteiger partial charge < -0.3 is 4.74 Å². The van der Waals surface area contributed by atoms with E-state index in [9.17, 15) is 13.2 Å². The van der Waals surface area contributed by atoms with Gasteiger partial charge in [0.2, 0.25) is 5.13 Å². The van der Waals surface area contributed by atoms with Crippen molar-refractivity contribution in [2.24, 2.45) is 0 Å². The van der Waals surface area contributed by atoms with Crippen LogP contribution in [0.25, 0.3) is 0 Å². The van der Waals surface area contributed by atoms with Gasteiger partial charge in [0, 0.05) is 5.56 Å². The minimum absolute atomic E-state index is 0.0707. The van der Waals surface area contributed by atoms with Crippen molar-refractivity contribution < 1.29 is 17.9 Å². The van der Waals surface area contributed by atoms with Crippen molar-refractivity contribution in [3.05, 3.63) is 58.6 Å². The molecule has 146 valence electrons. The van der Waals surface area contributed by atoms with Crippen LogP contribution in [0.3, 0.4) is 0 Å². The molecular formula is C17H15ClN4O4S2. The first kappa shape index (κ1) is 20.1. The van der Waals surface area contributed by atoms with Crippen LogP contribution in [-0.2, 0) is 10.0 Å². The molecule has 0 radical (unpaired) electrons. The van der Waals surface area contributed by atoms with Crippen LogP contribution in [0.1, 0.15) is 15.9 Å². The zero-order chi connectivity index (χ0) is 20.3. The SMILES string of the molecule is COc1ccc(NS(=O)(=O)c2nnc(NC(=O)c3ccccc3C)s2)cc1Cl. The van der Waals surface area contributed by atoms with E-state index in [2.05, 4.69) is 20.2 Å². The number of carbonyl (C=O) groups is 1. The molecule has 1 amide bonds. The Kier molecular flexibility index (Phi) is 5.82. The summed E-state index contributed by atoms with van der Waals surface area (Å²) in [6.45, 7) is 1.80. The molecule has 1 heterocycles. The molecule has 0 aliphatic carbocycles. The Morgan fingerprint density at radius 1 is 1.18 bits per heavy atom. The maximum absolute atomic E-state index is 12.5. The maximum Gasteiger partial charge on any atom is 0.291 e. The van der Waals surface area contributed by atoms with Gasteiger partial charge in [0.1, 0.15) is 5.75 Å². The Labute approximate surface area is 170 Å². The van der Waals surface area contributed by atoms with Crippen molar-refractivity contribution in [3.63, 3.8) is 0 Å². The van der Waals surface area contributed by atoms with Gasteiger partial charge >= 0.3 is 0 Å². The third-order valence-electron chi connectivity index (χ3n) is 3.65. The monoisotopic (exact) mass is 438 g/mol. The Hall–Kier alpha value is -2.69. The lowest BCUT2D eigenvalue weighted by Gasteiger charge is -2.07. The van der Waals surface area contributed by atoms with Crippen molar-refractivity contribution in [3.8, 4) is 5.75 Å². The average molecular weight is 439 g/mol. The number of hydrogen-bond acceptors (Lipinski definition) is 7. The lowest BCUT2D eigenvalue weighted by molar-refractivity contribution is 0.102. The molecule has 0 aliphatic heterocycles. The summed E-state index contributed by atoms with van der Waals surface area (Å²) >= 11 is 6.74. The van der Waals surface area contributed by atoms with Gasteiger partial charge in [0.15, 0.2) is 0 Å². The van der Waals surface area contributed by atoms with Crippen LogP contribution in [0.2, 0.25) is 5.02 Å². The number of aryl methyl sites for hydroxylation is 1. The number of sulfonamides is 1. The van der Waals surface area contributed by atoms with Crippen LogP contribution in [0.4, 0.5) is 10.8 Å². The van der Waals surface area contributed by atoms with Gasteiger partial charge in [-0.05, 0) is 36.8 Å². The molecule has 0 aliphatic rings. The van der Waals surface area contributed by atoms with Crippen molar-refractivity contribution in [2.45, 2.75) is 11.3 Å². The number of rotatable bonds is 6. The number of benzene rings is 2. The van der Waals surface area contributed by atoms with Crippen LogP contribution < -0.4 is 14.8 Å². The second-order valence-electron chi connectivity index (χ2n) is 5.60. The van der Waals surface area contributed by atoms with Crippen molar-refractivity contribution in [1.29, 1.82) is 0 Å². The summed E-state index contributed by atoms with van der Waals surface area (Å²) in [6, 6.07) is 11.5. The Morgan fingerprint density at radius 2 is 1.93 bits per heavy atom. The number of halogens is 1. The molecule has 3 aromatic rings. The van der Waals surface area contributed by atoms with E-state index in [0.717, 1.165) is 16.9 Å². The minimum Gasteiger partial charge on any atom is -0.495 e. The Balaban J connectivity index is 1.76. The molecule has 0 saturated carbocycles. The molecule has 0 spiro atoms. The number of nitrogens with one attached hydrogen (secondary N) is 2. The smallest absolute Gasteiger partial charge is 0.291 e. The van der Waals surface area contributed by atoms with Gasteiger partial charge in [-0.1, -0.05) is 41.1 Å². The fourth-order valence-electron chi connectivity index (χ4n) is 2.29. The zero-order valence-corrected chi connectivity index (χ0v) is 17.2. The van der Waals surface area contributed by atoms with Gasteiger partial charge in [0.25, 0.3) is 20.3 Å². The largest absolute Gasteiger partial charge is 0.495 e. The summed E-state index contributed by atoms with van der Waals surface area (Å²) in [7, 11) is -2.54. The van der Waals surface area contributed by atoms with Crippen LogP contribution in [-0.4, -0.2) is 31.6 Å². The normalized spacial score (nSPS) is 11.1. The molecule has 0 saturated heterocycles. The van der Waals surface area contributed by atoms with E-state index in [1.54, 1.807) is 25.1 Å². The highest BCUT2D eigenvalue weighted by Gasteiger charge is 2.22. The third kappa shape index (κ3) is 4.41. The van der Waals surface area contributed by atoms with E-state index in [0.29, 0.717) is 11.3 Å². The molecule has 2 aromatic carbocycles. The second kappa shape index (κ2) is 8.13. The Bertz CT molecular complexity index is 1130. The molecule has 2 N–H and O–H groups in total. The first-order chi connectivity index (χ1) is 13.3. The minimum atomic E-state index is -3.99. The first-order valence-corrected chi connectivity index (χ1v) is 10.5. The number of ether oxygens (including phenoxy) is 1. The molecule has 1 aromatic heterocycles. The molecule has 8 nitrogen and oxygen atoms in total. The predicted octanol–water partition coefficient (Wildman–Crippen LogP) is 3.56. The lowest BCUT2D eigenvalue weighted by atomic mass is 10.1. The van der Waals surface area contributed by atoms with Crippen molar-refractivity contribution in [2.75, 3.05) is 17.1 Å². The maximum atomic E-state index is 12.5. The van der Waals surface area contributed by atoms with Crippen molar-refractivity contribution in [1.82, 2.24) is 10.2 Å². The first-order valence-electron chi connectivity index (χ1n) is 7.87. The molecular weight excluding hydrogens is 424 g/mol. The molecule has 0 bridgehead atoms. The van der Waals surface area contributed by atoms with E-state index in [4.69, 9.17) is 16.3 Å². The number of nitrogens with zero attached hydrogens (tertiary/aromatic N) is 2. The van der Waals surface area contributed by atoms with Gasteiger partial charge in [0.05, 0.1) is 17.8 Å². The topological polar surface area (TPSA) is 110 Å². The fraction of sp³-hybridized carbons (Fsp3) is 0.118. The quantitative estimate of drug-likeness (QED) is 0.569. The van der Waals surface area contributed by atoms with E-state index >= 15 is 0 Å². The summed E-state index contributed by atoms with van der Waals surface area (Å²) in [5, 5.41) is 10.3. The highest BCUT2D eigenvalue weighted by atomic mass is 35.5. The predicted molar refractivity (Wildman–Crippen MR) is 108 cm³/mol. The molecule has 0 unspecified atom stereocenters. The highest BCUT2D eigenvalue weighted by molar-refractivity contribution is 7.94. The standard InChI is InChI=1S/C17H15ClN4O4S2/c1-10-5-3-4-6-12(10)15(23)19-16-20-21-17(27-16)28(24,25)22-11-7-8-14(26-2)13(18)9-11/h3-9,22H,1-2H3,(H,19,20,23). The summed E-state index contributed by atoms with van der Waals surface area (Å²) in [5.41, 5.74) is 1.50. The summed E-state index contributed by atoms with van der Waals surface area (Å²) < 4.78 is 32.1. The Morgan fingerprint density at radius 3 is 2.61 bits per heavy atom. The zero-order valence-electron chi connectivity index (χ0n) is 14.8. The van der Waals surface area contributed by atoms with E-state index in [-0.39, 0.29) is 20.2 Å². The fourth-order valence-corrected chi connectivity index (χ4v) is 4.49. The van der Waals surface area contributed by atoms with E-state index in [1.165, 1.54) is 25.3 Å². The number of hydrogen-bond donors (Lipinski definition) is 2. The van der Waals surface area contributed by atoms with E-state index < -0.39 is 15.9 Å². The molecule has 3 rings (SSSR count). The number of anilines is 2. The second-order valence-corrected chi connectivity index (χ2v) is 8.84. The number of aromatic nitrogens is 2. The summed E-state index contributed by atoms with van der Waals surface area (Å²) in [4.78, 5) is 12.3. The molecule has 11 heteroatoms. The van der Waals surface area contributed by atoms with Crippen LogP contribution in [0.5, 0.6) is 5.75 Å². The van der Waals surface area contributed by atoms with Crippen LogP contribution >= 0.6 is 22.9 Å². The number of methoxy groups -OCH3 is 1. The number of carbonyl (C=O) groups excluding carboxylic acids is 1. The van der Waals surface area contributed by atoms with Crippen LogP contribution in [0.15, 0.2) is 46.8 Å². The van der Waals surface area contributed by atoms with Gasteiger partial charge in [-0.25, -0.2) is 0 Å². The van der Waals surface area contributed by atoms with Crippen LogP contribution in [0, 0.1) is 6.92 Å². The number of amides is 1. The van der Waals surface area contributed by atoms with Gasteiger partial charge in [-0.3, -0.25) is 14.8 Å². The highest BCUT2D eigenvalue weighted by Crippen LogP contribution is 2.29. The van der Waals surface area contributed by atoms with Crippen molar-refractivity contribution >= 4 is 49.7 Å². The van der Waals surface area contributed by atoms with Gasteiger partial charge in [-0.15, -0.1) is 10.2 Å². The lowest BCUT2D eigenvalue weighted by Crippen LogP contribution is -2.13. The molecule has 28 heavy (non-hydrogen) atoms. The molecule has 0 fully saturated rings. The van der Waals surface area contributed by atoms with Gasteiger partial charge in [-0.2, -0.15) is 8.42 Å². The van der Waals surface area contributed by atoms with E-state index in [1.807, 2.05) is 6.07 Å². The summed E-state index contributed by atoms with van der Waals surface area (Å²) in [6.07, 6.45) is 0. The summed E-state index contributed by atoms with van der Waals surface area (Å²) in [5.74, 6) is 0.0230. The third-order valence-corrected chi connectivity index (χ3v) is 6.53. The average Bonchev–Trinajstić information content (AvgIpc) is 3.11. The molecule has 0 atom stereocenters.